The molecule has 1 rings (SSSR count). The minimum Gasteiger partial charge on any atom is -0.515 e. The standard InChI is InChI=1S/C28H38O10/c1-19(17-29)23(31)11-7-3-5-9-13-37-25-15-22(28(35)36)26(16-21(25)27(33)34)38-14-10-6-4-8-12-24(32)20(2)18-30/h15-18,29-30H,3-14H2,1-2H3,(H,33,34)(H,35,36)/b19-17+,20-18+. The zero-order valence-corrected chi connectivity index (χ0v) is 22.0. The van der Waals surface area contributed by atoms with E-state index in [1.807, 2.05) is 0 Å². The van der Waals surface area contributed by atoms with Crippen molar-refractivity contribution < 1.29 is 49.1 Å². The Bertz CT molecular complexity index is 941. The van der Waals surface area contributed by atoms with E-state index in [1.54, 1.807) is 13.8 Å². The van der Waals surface area contributed by atoms with Crippen LogP contribution in [0.25, 0.3) is 0 Å². The van der Waals surface area contributed by atoms with Gasteiger partial charge < -0.3 is 29.9 Å². The lowest BCUT2D eigenvalue weighted by atomic mass is 10.1. The van der Waals surface area contributed by atoms with Gasteiger partial charge in [0.05, 0.1) is 25.7 Å². The van der Waals surface area contributed by atoms with Crippen LogP contribution in [-0.2, 0) is 9.59 Å². The molecule has 0 atom stereocenters. The predicted molar refractivity (Wildman–Crippen MR) is 140 cm³/mol. The van der Waals surface area contributed by atoms with Gasteiger partial charge in [-0.15, -0.1) is 0 Å². The predicted octanol–water partition coefficient (Wildman–Crippen LogP) is 5.80. The molecule has 10 heteroatoms. The van der Waals surface area contributed by atoms with Gasteiger partial charge in [-0.1, -0.05) is 25.7 Å². The molecule has 0 radical (unpaired) electrons. The number of hydrogen-bond acceptors (Lipinski definition) is 8. The van der Waals surface area contributed by atoms with E-state index in [4.69, 9.17) is 19.7 Å². The van der Waals surface area contributed by atoms with Crippen molar-refractivity contribution in [1.29, 1.82) is 0 Å². The normalized spacial score (nSPS) is 11.7. The minimum atomic E-state index is -1.27. The molecule has 0 saturated carbocycles. The van der Waals surface area contributed by atoms with E-state index in [1.165, 1.54) is 0 Å². The fourth-order valence-corrected chi connectivity index (χ4v) is 3.52. The molecule has 1 aromatic carbocycles. The average Bonchev–Trinajstić information content (AvgIpc) is 2.90. The number of rotatable bonds is 20. The number of allylic oxidation sites excluding steroid dienone is 2. The number of unbranched alkanes of at least 4 members (excludes halogenated alkanes) is 6. The summed E-state index contributed by atoms with van der Waals surface area (Å²) in [5.41, 5.74) is 0.222. The summed E-state index contributed by atoms with van der Waals surface area (Å²) in [4.78, 5) is 46.8. The topological polar surface area (TPSA) is 168 Å². The van der Waals surface area contributed by atoms with Gasteiger partial charge in [0.15, 0.2) is 11.6 Å². The number of Topliss-reactive ketones (excluding diaryl/α,β-unsaturated/α-hetero) is 2. The third kappa shape index (κ3) is 11.5. The number of ether oxygens (including phenoxy) is 2. The van der Waals surface area contributed by atoms with Crippen molar-refractivity contribution in [1.82, 2.24) is 0 Å². The second-order valence-electron chi connectivity index (χ2n) is 8.95. The summed E-state index contributed by atoms with van der Waals surface area (Å²) in [6.07, 6.45) is 7.70. The van der Waals surface area contributed by atoms with Crippen LogP contribution in [-0.4, -0.2) is 57.1 Å². The van der Waals surface area contributed by atoms with Crippen molar-refractivity contribution in [2.24, 2.45) is 0 Å². The Hall–Kier alpha value is -3.82. The van der Waals surface area contributed by atoms with Crippen LogP contribution in [0.1, 0.15) is 98.8 Å². The second-order valence-corrected chi connectivity index (χ2v) is 8.95. The van der Waals surface area contributed by atoms with Crippen LogP contribution in [0.3, 0.4) is 0 Å². The summed E-state index contributed by atoms with van der Waals surface area (Å²) in [5, 5.41) is 36.9. The number of carboxylic acids is 2. The van der Waals surface area contributed by atoms with Gasteiger partial charge in [-0.25, -0.2) is 9.59 Å². The van der Waals surface area contributed by atoms with Gasteiger partial charge in [0, 0.05) is 24.0 Å². The van der Waals surface area contributed by atoms with Gasteiger partial charge in [0.1, 0.15) is 22.6 Å². The van der Waals surface area contributed by atoms with Crippen LogP contribution in [0, 0.1) is 0 Å². The number of benzene rings is 1. The maximum Gasteiger partial charge on any atom is 0.339 e. The maximum absolute atomic E-state index is 11.8. The van der Waals surface area contributed by atoms with Crippen molar-refractivity contribution in [2.45, 2.75) is 78.1 Å². The highest BCUT2D eigenvalue weighted by Crippen LogP contribution is 2.30. The fraction of sp³-hybridized carbons (Fsp3) is 0.500. The molecule has 0 bridgehead atoms. The third-order valence-electron chi connectivity index (χ3n) is 5.92. The van der Waals surface area contributed by atoms with Crippen molar-refractivity contribution in [2.75, 3.05) is 13.2 Å². The SMILES string of the molecule is C/C(=C\O)C(=O)CCCCCCOc1cc(C(=O)O)c(OCCCCCCC(=O)/C(C)=C/O)cc1C(=O)O. The highest BCUT2D eigenvalue weighted by atomic mass is 16.5. The Labute approximate surface area is 222 Å². The Morgan fingerprint density at radius 3 is 1.29 bits per heavy atom. The molecular formula is C28H38O10. The first-order valence-electron chi connectivity index (χ1n) is 12.7. The molecule has 38 heavy (non-hydrogen) atoms. The zero-order valence-electron chi connectivity index (χ0n) is 22.0. The third-order valence-corrected chi connectivity index (χ3v) is 5.92. The molecule has 10 nitrogen and oxygen atoms in total. The zero-order chi connectivity index (χ0) is 28.5. The number of carbonyl (C=O) groups excluding carboxylic acids is 2. The molecule has 0 amide bonds. The quantitative estimate of drug-likeness (QED) is 0.0911. The van der Waals surface area contributed by atoms with Gasteiger partial charge in [-0.3, -0.25) is 9.59 Å². The monoisotopic (exact) mass is 534 g/mol. The van der Waals surface area contributed by atoms with Gasteiger partial charge in [-0.2, -0.15) is 0 Å². The van der Waals surface area contributed by atoms with Gasteiger partial charge in [-0.05, 0) is 51.7 Å². The summed E-state index contributed by atoms with van der Waals surface area (Å²) in [6.45, 7) is 3.45. The lowest BCUT2D eigenvalue weighted by Crippen LogP contribution is -2.10. The number of aliphatic hydroxyl groups is 2. The van der Waals surface area contributed by atoms with Gasteiger partial charge in [0.2, 0.25) is 0 Å². The molecule has 0 fully saturated rings. The summed E-state index contributed by atoms with van der Waals surface area (Å²) < 4.78 is 11.2. The highest BCUT2D eigenvalue weighted by molar-refractivity contribution is 5.97. The van der Waals surface area contributed by atoms with E-state index in [0.29, 0.717) is 49.7 Å². The molecular weight excluding hydrogens is 496 g/mol. The largest absolute Gasteiger partial charge is 0.515 e. The molecule has 0 saturated heterocycles. The first kappa shape index (κ1) is 32.2. The second kappa shape index (κ2) is 17.6. The van der Waals surface area contributed by atoms with Crippen molar-refractivity contribution >= 4 is 23.5 Å². The number of carboxylic acid groups (broad SMARTS) is 2. The van der Waals surface area contributed by atoms with E-state index < -0.39 is 11.9 Å². The summed E-state index contributed by atoms with van der Waals surface area (Å²) >= 11 is 0. The number of aromatic carboxylic acids is 2. The lowest BCUT2D eigenvalue weighted by molar-refractivity contribution is -0.116. The van der Waals surface area contributed by atoms with Crippen LogP contribution in [0.4, 0.5) is 0 Å². The molecule has 0 aliphatic carbocycles. The fourth-order valence-electron chi connectivity index (χ4n) is 3.52. The van der Waals surface area contributed by atoms with Crippen molar-refractivity contribution in [3.8, 4) is 11.5 Å². The number of aliphatic hydroxyl groups excluding tert-OH is 2. The van der Waals surface area contributed by atoms with Crippen LogP contribution >= 0.6 is 0 Å². The Morgan fingerprint density at radius 1 is 0.632 bits per heavy atom. The Kier molecular flexibility index (Phi) is 14.9. The molecule has 0 aromatic heterocycles. The van der Waals surface area contributed by atoms with Gasteiger partial charge >= 0.3 is 11.9 Å². The van der Waals surface area contributed by atoms with E-state index in [-0.39, 0.29) is 47.4 Å². The van der Waals surface area contributed by atoms with Crippen molar-refractivity contribution in [3.05, 3.63) is 46.9 Å². The lowest BCUT2D eigenvalue weighted by Gasteiger charge is -2.14. The molecule has 0 aliphatic rings. The van der Waals surface area contributed by atoms with Gasteiger partial charge in [0.25, 0.3) is 0 Å². The summed E-state index contributed by atoms with van der Waals surface area (Å²) in [6, 6.07) is 2.32. The maximum atomic E-state index is 11.8. The van der Waals surface area contributed by atoms with Crippen LogP contribution < -0.4 is 9.47 Å². The molecule has 1 aromatic rings. The Balaban J connectivity index is 2.58. The molecule has 0 unspecified atom stereocenters. The smallest absolute Gasteiger partial charge is 0.339 e. The summed E-state index contributed by atoms with van der Waals surface area (Å²) in [5.74, 6) is -2.89. The molecule has 0 spiro atoms. The van der Waals surface area contributed by atoms with Crippen molar-refractivity contribution in [3.63, 3.8) is 0 Å². The molecule has 210 valence electrons. The first-order valence-corrected chi connectivity index (χ1v) is 12.7. The van der Waals surface area contributed by atoms with E-state index in [9.17, 15) is 29.4 Å². The van der Waals surface area contributed by atoms with Crippen LogP contribution in [0.15, 0.2) is 35.8 Å². The molecule has 0 heterocycles. The minimum absolute atomic E-state index is 0.0574. The highest BCUT2D eigenvalue weighted by Gasteiger charge is 2.21. The summed E-state index contributed by atoms with van der Waals surface area (Å²) in [7, 11) is 0. The van der Waals surface area contributed by atoms with E-state index >= 15 is 0 Å². The molecule has 0 aliphatic heterocycles. The number of carbonyl (C=O) groups is 4. The van der Waals surface area contributed by atoms with Crippen LogP contribution in [0.5, 0.6) is 11.5 Å². The molecule has 4 N–H and O–H groups in total. The Morgan fingerprint density at radius 2 is 0.974 bits per heavy atom. The van der Waals surface area contributed by atoms with E-state index in [2.05, 4.69) is 0 Å². The first-order chi connectivity index (χ1) is 18.1. The average molecular weight is 535 g/mol. The van der Waals surface area contributed by atoms with Crippen LogP contribution in [0.2, 0.25) is 0 Å². The van der Waals surface area contributed by atoms with E-state index in [0.717, 1.165) is 50.3 Å². The number of ketones is 2. The number of hydrogen-bond donors (Lipinski definition) is 4.